The number of hydrogen-bond acceptors (Lipinski definition) is 3. The van der Waals surface area contributed by atoms with Crippen molar-refractivity contribution in [3.8, 4) is 16.9 Å². The molecule has 0 aromatic heterocycles. The minimum absolute atomic E-state index is 0.148. The molecule has 2 heterocycles. The summed E-state index contributed by atoms with van der Waals surface area (Å²) in [5.74, 6) is 1.64. The first-order valence-electron chi connectivity index (χ1n) is 12.5. The second kappa shape index (κ2) is 10.0. The monoisotopic (exact) mass is 454 g/mol. The third-order valence-electron chi connectivity index (χ3n) is 6.99. The molecule has 5 rings (SSSR count). The Hall–Kier alpha value is -3.11. The molecule has 1 amide bonds. The molecule has 2 saturated heterocycles. The van der Waals surface area contributed by atoms with Crippen LogP contribution in [0.1, 0.15) is 54.1 Å². The van der Waals surface area contributed by atoms with E-state index in [1.54, 1.807) is 0 Å². The standard InChI is InChI=1S/C30H34N2O2/c1-22(2)24-7-5-23(6-8-24)19-31-20-29(21-31)34-28-15-13-26(14-16-28)25-9-11-27(12-10-25)30(33)32-17-3-4-18-32/h5-16,22,29H,3-4,17-21H2,1-2H3. The van der Waals surface area contributed by atoms with Crippen LogP contribution in [0.4, 0.5) is 0 Å². The van der Waals surface area contributed by atoms with Gasteiger partial charge in [0.15, 0.2) is 0 Å². The number of nitrogens with zero attached hydrogens (tertiary/aromatic N) is 2. The van der Waals surface area contributed by atoms with Gasteiger partial charge in [-0.1, -0.05) is 62.4 Å². The molecular weight excluding hydrogens is 420 g/mol. The number of likely N-dealkylation sites (tertiary alicyclic amines) is 2. The van der Waals surface area contributed by atoms with E-state index < -0.39 is 0 Å². The van der Waals surface area contributed by atoms with Gasteiger partial charge in [-0.3, -0.25) is 9.69 Å². The minimum atomic E-state index is 0.148. The summed E-state index contributed by atoms with van der Waals surface area (Å²) in [5.41, 5.74) is 5.77. The lowest BCUT2D eigenvalue weighted by atomic mass is 10.0. The zero-order chi connectivity index (χ0) is 23.5. The fourth-order valence-electron chi connectivity index (χ4n) is 4.82. The summed E-state index contributed by atoms with van der Waals surface area (Å²) in [6.07, 6.45) is 2.48. The molecule has 2 aliphatic heterocycles. The highest BCUT2D eigenvalue weighted by molar-refractivity contribution is 5.94. The Morgan fingerprint density at radius 2 is 1.44 bits per heavy atom. The Kier molecular flexibility index (Phi) is 6.68. The quantitative estimate of drug-likeness (QED) is 0.440. The molecule has 2 aliphatic rings. The van der Waals surface area contributed by atoms with Crippen molar-refractivity contribution >= 4 is 5.91 Å². The van der Waals surface area contributed by atoms with Crippen LogP contribution in [0.2, 0.25) is 0 Å². The van der Waals surface area contributed by atoms with Crippen LogP contribution >= 0.6 is 0 Å². The van der Waals surface area contributed by atoms with Gasteiger partial charge in [-0.2, -0.15) is 0 Å². The lowest BCUT2D eigenvalue weighted by molar-refractivity contribution is 0.0146. The molecular formula is C30H34N2O2. The van der Waals surface area contributed by atoms with Gasteiger partial charge in [-0.15, -0.1) is 0 Å². The van der Waals surface area contributed by atoms with E-state index in [2.05, 4.69) is 55.1 Å². The summed E-state index contributed by atoms with van der Waals surface area (Å²) in [6, 6.07) is 25.2. The van der Waals surface area contributed by atoms with Gasteiger partial charge >= 0.3 is 0 Å². The normalized spacial score (nSPS) is 16.6. The molecule has 3 aromatic carbocycles. The second-order valence-electron chi connectivity index (χ2n) is 9.93. The van der Waals surface area contributed by atoms with Gasteiger partial charge < -0.3 is 9.64 Å². The third kappa shape index (κ3) is 5.18. The highest BCUT2D eigenvalue weighted by atomic mass is 16.5. The average molecular weight is 455 g/mol. The number of ether oxygens (including phenoxy) is 1. The van der Waals surface area contributed by atoms with Crippen LogP contribution in [-0.4, -0.2) is 48.0 Å². The maximum absolute atomic E-state index is 12.5. The van der Waals surface area contributed by atoms with E-state index in [-0.39, 0.29) is 12.0 Å². The molecule has 176 valence electrons. The van der Waals surface area contributed by atoms with Gasteiger partial charge in [0, 0.05) is 38.3 Å². The van der Waals surface area contributed by atoms with Crippen molar-refractivity contribution in [2.45, 2.75) is 45.3 Å². The molecule has 0 atom stereocenters. The van der Waals surface area contributed by atoms with Crippen LogP contribution in [0, 0.1) is 0 Å². The van der Waals surface area contributed by atoms with Gasteiger partial charge in [0.1, 0.15) is 11.9 Å². The van der Waals surface area contributed by atoms with Crippen LogP contribution in [0.25, 0.3) is 11.1 Å². The predicted molar refractivity (Wildman–Crippen MR) is 137 cm³/mol. The molecule has 0 saturated carbocycles. The minimum Gasteiger partial charge on any atom is -0.488 e. The highest BCUT2D eigenvalue weighted by Crippen LogP contribution is 2.26. The van der Waals surface area contributed by atoms with Crippen LogP contribution in [0.5, 0.6) is 5.75 Å². The molecule has 0 radical (unpaired) electrons. The first-order valence-corrected chi connectivity index (χ1v) is 12.5. The molecule has 4 heteroatoms. The van der Waals surface area contributed by atoms with Crippen molar-refractivity contribution in [1.29, 1.82) is 0 Å². The highest BCUT2D eigenvalue weighted by Gasteiger charge is 2.28. The van der Waals surface area contributed by atoms with Gasteiger partial charge in [-0.25, -0.2) is 0 Å². The van der Waals surface area contributed by atoms with Crippen molar-refractivity contribution in [3.05, 3.63) is 89.5 Å². The number of carbonyl (C=O) groups is 1. The SMILES string of the molecule is CC(C)c1ccc(CN2CC(Oc3ccc(-c4ccc(C(=O)N5CCCC5)cc4)cc3)C2)cc1. The number of hydrogen-bond donors (Lipinski definition) is 0. The zero-order valence-corrected chi connectivity index (χ0v) is 20.2. The Morgan fingerprint density at radius 1 is 0.853 bits per heavy atom. The molecule has 0 N–H and O–H groups in total. The van der Waals surface area contributed by atoms with Crippen molar-refractivity contribution < 1.29 is 9.53 Å². The maximum Gasteiger partial charge on any atom is 0.253 e. The zero-order valence-electron chi connectivity index (χ0n) is 20.2. The van der Waals surface area contributed by atoms with Gasteiger partial charge in [0.25, 0.3) is 5.91 Å². The van der Waals surface area contributed by atoms with Crippen LogP contribution in [0.15, 0.2) is 72.8 Å². The summed E-state index contributed by atoms with van der Waals surface area (Å²) < 4.78 is 6.18. The largest absolute Gasteiger partial charge is 0.488 e. The van der Waals surface area contributed by atoms with Crippen molar-refractivity contribution in [2.75, 3.05) is 26.2 Å². The summed E-state index contributed by atoms with van der Waals surface area (Å²) in [6.45, 7) is 9.12. The Bertz CT molecular complexity index is 1090. The number of rotatable bonds is 7. The van der Waals surface area contributed by atoms with E-state index in [9.17, 15) is 4.79 Å². The van der Waals surface area contributed by atoms with Crippen LogP contribution < -0.4 is 4.74 Å². The number of amides is 1. The van der Waals surface area contributed by atoms with E-state index in [1.807, 2.05) is 41.3 Å². The summed E-state index contributed by atoms with van der Waals surface area (Å²) in [4.78, 5) is 16.9. The Labute approximate surface area is 203 Å². The first-order chi connectivity index (χ1) is 16.5. The summed E-state index contributed by atoms with van der Waals surface area (Å²) in [7, 11) is 0. The fourth-order valence-corrected chi connectivity index (χ4v) is 4.82. The summed E-state index contributed by atoms with van der Waals surface area (Å²) >= 11 is 0. The molecule has 0 bridgehead atoms. The fraction of sp³-hybridized carbons (Fsp3) is 0.367. The molecule has 0 unspecified atom stereocenters. The van der Waals surface area contributed by atoms with E-state index in [4.69, 9.17) is 4.74 Å². The van der Waals surface area contributed by atoms with Gasteiger partial charge in [0.2, 0.25) is 0 Å². The van der Waals surface area contributed by atoms with E-state index in [1.165, 1.54) is 11.1 Å². The van der Waals surface area contributed by atoms with Crippen molar-refractivity contribution in [3.63, 3.8) is 0 Å². The smallest absolute Gasteiger partial charge is 0.253 e. The molecule has 0 aliphatic carbocycles. The first kappa shape index (κ1) is 22.7. The lowest BCUT2D eigenvalue weighted by Crippen LogP contribution is -2.53. The topological polar surface area (TPSA) is 32.8 Å². The van der Waals surface area contributed by atoms with Crippen molar-refractivity contribution in [1.82, 2.24) is 9.80 Å². The second-order valence-corrected chi connectivity index (χ2v) is 9.93. The van der Waals surface area contributed by atoms with Crippen LogP contribution in [0.3, 0.4) is 0 Å². The molecule has 4 nitrogen and oxygen atoms in total. The molecule has 0 spiro atoms. The van der Waals surface area contributed by atoms with Gasteiger partial charge in [-0.05, 0) is 65.3 Å². The van der Waals surface area contributed by atoms with E-state index >= 15 is 0 Å². The Morgan fingerprint density at radius 3 is 2.03 bits per heavy atom. The maximum atomic E-state index is 12.5. The average Bonchev–Trinajstić information content (AvgIpc) is 3.38. The van der Waals surface area contributed by atoms with Gasteiger partial charge in [0.05, 0.1) is 0 Å². The predicted octanol–water partition coefficient (Wildman–Crippen LogP) is 5.98. The molecule has 3 aromatic rings. The van der Waals surface area contributed by atoms with Crippen molar-refractivity contribution in [2.24, 2.45) is 0 Å². The molecule has 34 heavy (non-hydrogen) atoms. The van der Waals surface area contributed by atoms with Crippen LogP contribution in [-0.2, 0) is 6.54 Å². The van der Waals surface area contributed by atoms with E-state index in [0.29, 0.717) is 5.92 Å². The molecule has 2 fully saturated rings. The number of benzene rings is 3. The van der Waals surface area contributed by atoms with E-state index in [0.717, 1.165) is 68.0 Å². The third-order valence-corrected chi connectivity index (χ3v) is 6.99. The summed E-state index contributed by atoms with van der Waals surface area (Å²) in [5, 5.41) is 0. The lowest BCUT2D eigenvalue weighted by Gasteiger charge is -2.39. The Balaban J connectivity index is 1.11. The number of carbonyl (C=O) groups excluding carboxylic acids is 1.